The standard InChI is InChI=1S/C14H16F3NO3/c1-9(19)20-13-8-18-6-5-12(13)21-11-4-2-3-10(7-11)14(15,16)17/h2-4,7,12-13,18H,5-6,8H2,1H3/t12-,13-/m1/s1. The van der Waals surface area contributed by atoms with Crippen LogP contribution < -0.4 is 10.1 Å². The summed E-state index contributed by atoms with van der Waals surface area (Å²) in [6.07, 6.45) is -4.83. The highest BCUT2D eigenvalue weighted by atomic mass is 19.4. The number of benzene rings is 1. The van der Waals surface area contributed by atoms with E-state index < -0.39 is 29.9 Å². The fourth-order valence-electron chi connectivity index (χ4n) is 2.19. The van der Waals surface area contributed by atoms with Crippen molar-refractivity contribution in [3.05, 3.63) is 29.8 Å². The number of carbonyl (C=O) groups is 1. The molecule has 1 fully saturated rings. The third kappa shape index (κ3) is 4.35. The van der Waals surface area contributed by atoms with Gasteiger partial charge in [-0.3, -0.25) is 4.79 Å². The van der Waals surface area contributed by atoms with Crippen LogP contribution in [0.25, 0.3) is 0 Å². The summed E-state index contributed by atoms with van der Waals surface area (Å²) in [5.41, 5.74) is -0.766. The average Bonchev–Trinajstić information content (AvgIpc) is 2.40. The topological polar surface area (TPSA) is 47.6 Å². The molecule has 7 heteroatoms. The molecule has 0 aromatic heterocycles. The van der Waals surface area contributed by atoms with Gasteiger partial charge in [0.05, 0.1) is 5.56 Å². The SMILES string of the molecule is CC(=O)O[C@@H]1CNCC[C@H]1Oc1cccc(C(F)(F)F)c1. The van der Waals surface area contributed by atoms with Gasteiger partial charge in [-0.25, -0.2) is 0 Å². The Balaban J connectivity index is 2.10. The van der Waals surface area contributed by atoms with Gasteiger partial charge < -0.3 is 14.8 Å². The van der Waals surface area contributed by atoms with Gasteiger partial charge in [-0.2, -0.15) is 13.2 Å². The van der Waals surface area contributed by atoms with Crippen LogP contribution in [0.1, 0.15) is 18.9 Å². The summed E-state index contributed by atoms with van der Waals surface area (Å²) in [6, 6.07) is 4.69. The molecular formula is C14H16F3NO3. The average molecular weight is 303 g/mol. The number of esters is 1. The molecule has 1 saturated heterocycles. The van der Waals surface area contributed by atoms with Crippen LogP contribution in [0.4, 0.5) is 13.2 Å². The summed E-state index contributed by atoms with van der Waals surface area (Å²) in [5, 5.41) is 3.05. The van der Waals surface area contributed by atoms with Gasteiger partial charge in [-0.05, 0) is 24.7 Å². The maximum Gasteiger partial charge on any atom is 0.416 e. The lowest BCUT2D eigenvalue weighted by Gasteiger charge is -2.31. The number of halogens is 3. The molecule has 0 amide bonds. The van der Waals surface area contributed by atoms with Gasteiger partial charge in [0.2, 0.25) is 0 Å². The lowest BCUT2D eigenvalue weighted by atomic mass is 10.1. The number of rotatable bonds is 3. The minimum Gasteiger partial charge on any atom is -0.486 e. The Kier molecular flexibility index (Phi) is 4.72. The molecule has 2 atom stereocenters. The highest BCUT2D eigenvalue weighted by Gasteiger charge is 2.32. The molecule has 1 aliphatic heterocycles. The van der Waals surface area contributed by atoms with E-state index in [9.17, 15) is 18.0 Å². The van der Waals surface area contributed by atoms with E-state index >= 15 is 0 Å². The van der Waals surface area contributed by atoms with Gasteiger partial charge in [0.25, 0.3) is 0 Å². The number of hydrogen-bond acceptors (Lipinski definition) is 4. The molecule has 21 heavy (non-hydrogen) atoms. The van der Waals surface area contributed by atoms with Crippen molar-refractivity contribution < 1.29 is 27.4 Å². The van der Waals surface area contributed by atoms with Gasteiger partial charge in [-0.15, -0.1) is 0 Å². The molecule has 1 heterocycles. The minimum absolute atomic E-state index is 0.119. The molecule has 2 rings (SSSR count). The Morgan fingerprint density at radius 1 is 1.33 bits per heavy atom. The maximum atomic E-state index is 12.7. The smallest absolute Gasteiger partial charge is 0.416 e. The van der Waals surface area contributed by atoms with Crippen molar-refractivity contribution >= 4 is 5.97 Å². The number of nitrogens with one attached hydrogen (secondary N) is 1. The van der Waals surface area contributed by atoms with Crippen LogP contribution in [0.15, 0.2) is 24.3 Å². The zero-order chi connectivity index (χ0) is 15.5. The van der Waals surface area contributed by atoms with Crippen LogP contribution >= 0.6 is 0 Å². The van der Waals surface area contributed by atoms with Crippen molar-refractivity contribution in [1.82, 2.24) is 5.32 Å². The van der Waals surface area contributed by atoms with Crippen LogP contribution in [0, 0.1) is 0 Å². The molecule has 1 aromatic rings. The fourth-order valence-corrected chi connectivity index (χ4v) is 2.19. The van der Waals surface area contributed by atoms with Gasteiger partial charge >= 0.3 is 12.1 Å². The van der Waals surface area contributed by atoms with E-state index in [4.69, 9.17) is 9.47 Å². The first-order chi connectivity index (χ1) is 9.86. The molecule has 0 radical (unpaired) electrons. The molecule has 1 aromatic carbocycles. The number of piperidine rings is 1. The predicted octanol–water partition coefficient (Wildman–Crippen LogP) is 2.38. The molecule has 4 nitrogen and oxygen atoms in total. The molecule has 1 aliphatic rings. The number of ether oxygens (including phenoxy) is 2. The molecule has 0 aliphatic carbocycles. The molecule has 0 bridgehead atoms. The van der Waals surface area contributed by atoms with E-state index in [1.807, 2.05) is 0 Å². The Morgan fingerprint density at radius 2 is 2.10 bits per heavy atom. The lowest BCUT2D eigenvalue weighted by Crippen LogP contribution is -2.48. The van der Waals surface area contributed by atoms with Gasteiger partial charge in [0.15, 0.2) is 6.10 Å². The van der Waals surface area contributed by atoms with E-state index in [1.165, 1.54) is 19.1 Å². The second-order valence-electron chi connectivity index (χ2n) is 4.82. The lowest BCUT2D eigenvalue weighted by molar-refractivity contribution is -0.152. The number of carbonyl (C=O) groups excluding carboxylic acids is 1. The van der Waals surface area contributed by atoms with Crippen LogP contribution in [0.2, 0.25) is 0 Å². The van der Waals surface area contributed by atoms with Gasteiger partial charge in [0, 0.05) is 19.9 Å². The largest absolute Gasteiger partial charge is 0.486 e. The molecule has 0 unspecified atom stereocenters. The van der Waals surface area contributed by atoms with Crippen molar-refractivity contribution in [3.63, 3.8) is 0 Å². The zero-order valence-electron chi connectivity index (χ0n) is 11.4. The molecule has 116 valence electrons. The van der Waals surface area contributed by atoms with Crippen molar-refractivity contribution in [2.24, 2.45) is 0 Å². The zero-order valence-corrected chi connectivity index (χ0v) is 11.4. The number of hydrogen-bond donors (Lipinski definition) is 1. The maximum absolute atomic E-state index is 12.7. The van der Waals surface area contributed by atoms with Crippen molar-refractivity contribution in [3.8, 4) is 5.75 Å². The Bertz CT molecular complexity index is 504. The molecular weight excluding hydrogens is 287 g/mol. The Morgan fingerprint density at radius 3 is 2.76 bits per heavy atom. The second kappa shape index (κ2) is 6.34. The summed E-state index contributed by atoms with van der Waals surface area (Å²) in [5.74, 6) is -0.324. The third-order valence-electron chi connectivity index (χ3n) is 3.13. The molecule has 0 saturated carbocycles. The molecule has 0 spiro atoms. The van der Waals surface area contributed by atoms with E-state index in [1.54, 1.807) is 0 Å². The van der Waals surface area contributed by atoms with Crippen LogP contribution in [-0.2, 0) is 15.7 Å². The van der Waals surface area contributed by atoms with Crippen molar-refractivity contribution in [1.29, 1.82) is 0 Å². The van der Waals surface area contributed by atoms with E-state index in [-0.39, 0.29) is 5.75 Å². The predicted molar refractivity (Wildman–Crippen MR) is 68.9 cm³/mol. The summed E-state index contributed by atoms with van der Waals surface area (Å²) >= 11 is 0. The fraction of sp³-hybridized carbons (Fsp3) is 0.500. The molecule has 1 N–H and O–H groups in total. The van der Waals surface area contributed by atoms with Crippen molar-refractivity contribution in [2.75, 3.05) is 13.1 Å². The highest BCUT2D eigenvalue weighted by Crippen LogP contribution is 2.32. The van der Waals surface area contributed by atoms with Gasteiger partial charge in [0.1, 0.15) is 11.9 Å². The first kappa shape index (κ1) is 15.6. The second-order valence-corrected chi connectivity index (χ2v) is 4.82. The van der Waals surface area contributed by atoms with Crippen LogP contribution in [0.3, 0.4) is 0 Å². The van der Waals surface area contributed by atoms with Crippen LogP contribution in [-0.4, -0.2) is 31.3 Å². The first-order valence-electron chi connectivity index (χ1n) is 6.58. The Hall–Kier alpha value is -1.76. The first-order valence-corrected chi connectivity index (χ1v) is 6.58. The van der Waals surface area contributed by atoms with E-state index in [0.29, 0.717) is 19.5 Å². The monoisotopic (exact) mass is 303 g/mol. The quantitative estimate of drug-likeness (QED) is 0.871. The summed E-state index contributed by atoms with van der Waals surface area (Å²) < 4.78 is 48.7. The van der Waals surface area contributed by atoms with Crippen LogP contribution in [0.5, 0.6) is 5.75 Å². The van der Waals surface area contributed by atoms with E-state index in [2.05, 4.69) is 5.32 Å². The normalized spacial score (nSPS) is 22.7. The summed E-state index contributed by atoms with van der Waals surface area (Å²) in [4.78, 5) is 11.0. The van der Waals surface area contributed by atoms with Crippen molar-refractivity contribution in [2.45, 2.75) is 31.7 Å². The summed E-state index contributed by atoms with van der Waals surface area (Å²) in [7, 11) is 0. The highest BCUT2D eigenvalue weighted by molar-refractivity contribution is 5.66. The van der Waals surface area contributed by atoms with E-state index in [0.717, 1.165) is 12.1 Å². The summed E-state index contributed by atoms with van der Waals surface area (Å²) in [6.45, 7) is 2.36. The number of alkyl halides is 3. The Labute approximate surface area is 120 Å². The van der Waals surface area contributed by atoms with Gasteiger partial charge in [-0.1, -0.05) is 6.07 Å². The third-order valence-corrected chi connectivity index (χ3v) is 3.13. The minimum atomic E-state index is -4.41.